The lowest BCUT2D eigenvalue weighted by Crippen LogP contribution is -2.46. The van der Waals surface area contributed by atoms with Gasteiger partial charge in [-0.2, -0.15) is 0 Å². The van der Waals surface area contributed by atoms with Crippen LogP contribution in [0.4, 0.5) is 5.69 Å². The van der Waals surface area contributed by atoms with E-state index in [1.165, 1.54) is 0 Å². The van der Waals surface area contributed by atoms with Crippen LogP contribution in [0, 0.1) is 0 Å². The van der Waals surface area contributed by atoms with Gasteiger partial charge in [0.2, 0.25) is 5.91 Å². The van der Waals surface area contributed by atoms with Gasteiger partial charge in [-0.05, 0) is 31.5 Å². The van der Waals surface area contributed by atoms with E-state index in [1.807, 2.05) is 35.2 Å². The Morgan fingerprint density at radius 1 is 1.29 bits per heavy atom. The molecular weight excluding hydrogens is 268 g/mol. The number of hydrogen-bond acceptors (Lipinski definition) is 3. The summed E-state index contributed by atoms with van der Waals surface area (Å²) in [6.45, 7) is 1.08. The van der Waals surface area contributed by atoms with Crippen molar-refractivity contribution >= 4 is 17.6 Å². The van der Waals surface area contributed by atoms with E-state index in [0.29, 0.717) is 0 Å². The zero-order valence-corrected chi connectivity index (χ0v) is 12.4. The maximum absolute atomic E-state index is 12.4. The Labute approximate surface area is 125 Å². The lowest BCUT2D eigenvalue weighted by atomic mass is 9.99. The number of aliphatic carboxylic acids is 1. The molecule has 1 unspecified atom stereocenters. The van der Waals surface area contributed by atoms with Crippen molar-refractivity contribution in [3.63, 3.8) is 0 Å². The van der Waals surface area contributed by atoms with Crippen molar-refractivity contribution in [3.8, 4) is 0 Å². The number of piperidine rings is 1. The van der Waals surface area contributed by atoms with Gasteiger partial charge in [0.05, 0.1) is 13.0 Å². The molecular formula is C16H22N2O3. The summed E-state index contributed by atoms with van der Waals surface area (Å²) in [6.07, 6.45) is 3.03. The Bertz CT molecular complexity index is 490. The summed E-state index contributed by atoms with van der Waals surface area (Å²) < 4.78 is 0. The van der Waals surface area contributed by atoms with Crippen LogP contribution in [0.1, 0.15) is 25.7 Å². The van der Waals surface area contributed by atoms with Crippen molar-refractivity contribution in [2.24, 2.45) is 0 Å². The fraction of sp³-hybridized carbons (Fsp3) is 0.500. The molecule has 114 valence electrons. The molecule has 0 spiro atoms. The van der Waals surface area contributed by atoms with Crippen LogP contribution in [0.25, 0.3) is 0 Å². The van der Waals surface area contributed by atoms with Gasteiger partial charge in [0, 0.05) is 18.8 Å². The highest BCUT2D eigenvalue weighted by Crippen LogP contribution is 2.20. The van der Waals surface area contributed by atoms with Crippen LogP contribution in [0.2, 0.25) is 0 Å². The van der Waals surface area contributed by atoms with Crippen LogP contribution in [0.15, 0.2) is 30.3 Å². The molecule has 1 atom stereocenters. The minimum atomic E-state index is -0.796. The molecule has 0 bridgehead atoms. The molecule has 0 aliphatic carbocycles. The van der Waals surface area contributed by atoms with Gasteiger partial charge in [0.1, 0.15) is 0 Å². The van der Waals surface area contributed by atoms with Crippen molar-refractivity contribution in [2.45, 2.75) is 31.7 Å². The Kier molecular flexibility index (Phi) is 5.33. The van der Waals surface area contributed by atoms with Gasteiger partial charge in [-0.25, -0.2) is 0 Å². The van der Waals surface area contributed by atoms with Crippen LogP contribution in [0.3, 0.4) is 0 Å². The molecule has 1 heterocycles. The molecule has 5 nitrogen and oxygen atoms in total. The first-order valence-electron chi connectivity index (χ1n) is 7.35. The summed E-state index contributed by atoms with van der Waals surface area (Å²) in [7, 11) is 1.76. The third-order valence-corrected chi connectivity index (χ3v) is 4.02. The molecule has 1 aliphatic heterocycles. The van der Waals surface area contributed by atoms with Gasteiger partial charge >= 0.3 is 5.97 Å². The number of carboxylic acids is 1. The van der Waals surface area contributed by atoms with Crippen LogP contribution in [-0.2, 0) is 9.59 Å². The number of benzene rings is 1. The zero-order valence-electron chi connectivity index (χ0n) is 12.4. The van der Waals surface area contributed by atoms with E-state index in [4.69, 9.17) is 5.11 Å². The van der Waals surface area contributed by atoms with Gasteiger partial charge < -0.3 is 10.0 Å². The summed E-state index contributed by atoms with van der Waals surface area (Å²) in [5.41, 5.74) is 0.856. The normalized spacial score (nSPS) is 19.2. The number of anilines is 1. The Hall–Kier alpha value is -1.88. The van der Waals surface area contributed by atoms with Gasteiger partial charge in [0.25, 0.3) is 0 Å². The monoisotopic (exact) mass is 290 g/mol. The number of amides is 1. The summed E-state index contributed by atoms with van der Waals surface area (Å²) in [5.74, 6) is -0.797. The molecule has 1 aromatic carbocycles. The van der Waals surface area contributed by atoms with E-state index in [1.54, 1.807) is 11.9 Å². The summed E-state index contributed by atoms with van der Waals surface area (Å²) in [4.78, 5) is 27.0. The van der Waals surface area contributed by atoms with Crippen LogP contribution in [-0.4, -0.2) is 48.1 Å². The van der Waals surface area contributed by atoms with Crippen LogP contribution in [0.5, 0.6) is 0 Å². The van der Waals surface area contributed by atoms with E-state index in [9.17, 15) is 9.59 Å². The van der Waals surface area contributed by atoms with Gasteiger partial charge in [0.15, 0.2) is 0 Å². The van der Waals surface area contributed by atoms with Crippen molar-refractivity contribution in [2.75, 3.05) is 25.0 Å². The standard InChI is InChI=1S/C16H22N2O3/c1-17(13-7-3-2-4-8-13)15(19)12-18-10-6-5-9-14(18)11-16(20)21/h2-4,7-8,14H,5-6,9-12H2,1H3,(H,20,21). The van der Waals surface area contributed by atoms with Crippen LogP contribution >= 0.6 is 0 Å². The third kappa shape index (κ3) is 4.29. The molecule has 5 heteroatoms. The number of likely N-dealkylation sites (tertiary alicyclic amines) is 1. The quantitative estimate of drug-likeness (QED) is 0.900. The molecule has 1 saturated heterocycles. The molecule has 0 radical (unpaired) electrons. The Balaban J connectivity index is 1.98. The second-order valence-corrected chi connectivity index (χ2v) is 5.51. The Morgan fingerprint density at radius 3 is 2.67 bits per heavy atom. The number of hydrogen-bond donors (Lipinski definition) is 1. The predicted molar refractivity (Wildman–Crippen MR) is 81.3 cm³/mol. The molecule has 1 aromatic rings. The zero-order chi connectivity index (χ0) is 15.2. The van der Waals surface area contributed by atoms with Gasteiger partial charge in [-0.15, -0.1) is 0 Å². The molecule has 1 N–H and O–H groups in total. The van der Waals surface area contributed by atoms with E-state index in [0.717, 1.165) is 31.5 Å². The van der Waals surface area contributed by atoms with Crippen LogP contribution < -0.4 is 4.90 Å². The van der Waals surface area contributed by atoms with Crippen molar-refractivity contribution in [3.05, 3.63) is 30.3 Å². The summed E-state index contributed by atoms with van der Waals surface area (Å²) in [6, 6.07) is 9.46. The fourth-order valence-electron chi connectivity index (χ4n) is 2.78. The van der Waals surface area contributed by atoms with Gasteiger partial charge in [-0.1, -0.05) is 24.6 Å². The predicted octanol–water partition coefficient (Wildman–Crippen LogP) is 1.98. The second-order valence-electron chi connectivity index (χ2n) is 5.51. The molecule has 1 aliphatic rings. The molecule has 0 aromatic heterocycles. The number of para-hydroxylation sites is 1. The lowest BCUT2D eigenvalue weighted by Gasteiger charge is -2.35. The van der Waals surface area contributed by atoms with Gasteiger partial charge in [-0.3, -0.25) is 14.5 Å². The molecule has 0 saturated carbocycles. The fourth-order valence-corrected chi connectivity index (χ4v) is 2.78. The Morgan fingerprint density at radius 2 is 2.00 bits per heavy atom. The number of carboxylic acid groups (broad SMARTS) is 1. The lowest BCUT2D eigenvalue weighted by molar-refractivity contribution is -0.139. The number of carbonyl (C=O) groups excluding carboxylic acids is 1. The minimum Gasteiger partial charge on any atom is -0.481 e. The number of likely N-dealkylation sites (N-methyl/N-ethyl adjacent to an activating group) is 1. The molecule has 1 fully saturated rings. The number of carbonyl (C=O) groups is 2. The number of rotatable bonds is 5. The van der Waals surface area contributed by atoms with E-state index < -0.39 is 5.97 Å². The molecule has 1 amide bonds. The average Bonchev–Trinajstić information content (AvgIpc) is 2.49. The first-order valence-corrected chi connectivity index (χ1v) is 7.35. The second kappa shape index (κ2) is 7.22. The average molecular weight is 290 g/mol. The maximum atomic E-state index is 12.4. The summed E-state index contributed by atoms with van der Waals surface area (Å²) >= 11 is 0. The third-order valence-electron chi connectivity index (χ3n) is 4.02. The SMILES string of the molecule is CN(C(=O)CN1CCCCC1CC(=O)O)c1ccccc1. The summed E-state index contributed by atoms with van der Waals surface area (Å²) in [5, 5.41) is 8.98. The molecule has 21 heavy (non-hydrogen) atoms. The van der Waals surface area contributed by atoms with Crippen molar-refractivity contribution < 1.29 is 14.7 Å². The highest BCUT2D eigenvalue weighted by Gasteiger charge is 2.27. The topological polar surface area (TPSA) is 60.9 Å². The maximum Gasteiger partial charge on any atom is 0.304 e. The van der Waals surface area contributed by atoms with Crippen molar-refractivity contribution in [1.82, 2.24) is 4.90 Å². The first-order chi connectivity index (χ1) is 10.1. The van der Waals surface area contributed by atoms with E-state index in [-0.39, 0.29) is 24.9 Å². The smallest absolute Gasteiger partial charge is 0.304 e. The largest absolute Gasteiger partial charge is 0.481 e. The van der Waals surface area contributed by atoms with E-state index >= 15 is 0 Å². The first kappa shape index (κ1) is 15.5. The highest BCUT2D eigenvalue weighted by molar-refractivity contribution is 5.94. The minimum absolute atomic E-state index is 0.00140. The number of nitrogens with zero attached hydrogens (tertiary/aromatic N) is 2. The highest BCUT2D eigenvalue weighted by atomic mass is 16.4. The molecule has 2 rings (SSSR count). The van der Waals surface area contributed by atoms with E-state index in [2.05, 4.69) is 0 Å². The van der Waals surface area contributed by atoms with Crippen molar-refractivity contribution in [1.29, 1.82) is 0 Å².